The number of carbonyl (C=O) groups excluding carboxylic acids is 1. The second kappa shape index (κ2) is 12.4. The molecule has 1 atom stereocenters. The van der Waals surface area contributed by atoms with Crippen molar-refractivity contribution in [1.82, 2.24) is 25.1 Å². The van der Waals surface area contributed by atoms with Gasteiger partial charge in [-0.05, 0) is 37.3 Å². The molecular formula is C25H37IN6O. The highest BCUT2D eigenvalue weighted by Crippen LogP contribution is 2.26. The first-order chi connectivity index (χ1) is 15.6. The Morgan fingerprint density at radius 3 is 2.70 bits per heavy atom. The predicted molar refractivity (Wildman–Crippen MR) is 143 cm³/mol. The summed E-state index contributed by atoms with van der Waals surface area (Å²) in [5.41, 5.74) is 2.46. The number of aliphatic imine (C=N–C) groups is 1. The fourth-order valence-corrected chi connectivity index (χ4v) is 4.87. The van der Waals surface area contributed by atoms with Gasteiger partial charge in [-0.1, -0.05) is 43.5 Å². The first-order valence-corrected chi connectivity index (χ1v) is 11.9. The van der Waals surface area contributed by atoms with Crippen LogP contribution in [0.2, 0.25) is 0 Å². The van der Waals surface area contributed by atoms with E-state index in [2.05, 4.69) is 54.3 Å². The molecule has 0 spiro atoms. The second-order valence-corrected chi connectivity index (χ2v) is 9.10. The Morgan fingerprint density at radius 2 is 1.97 bits per heavy atom. The van der Waals surface area contributed by atoms with Gasteiger partial charge >= 0.3 is 0 Å². The van der Waals surface area contributed by atoms with Crippen molar-refractivity contribution >= 4 is 35.8 Å². The number of carbonyl (C=O) groups is 1. The summed E-state index contributed by atoms with van der Waals surface area (Å²) in [5, 5.41) is 6.95. The summed E-state index contributed by atoms with van der Waals surface area (Å²) in [7, 11) is 1.80. The number of amides is 1. The maximum Gasteiger partial charge on any atom is 0.225 e. The molecule has 1 aromatic heterocycles. The number of likely N-dealkylation sites (tertiary alicyclic amines) is 1. The number of halogens is 1. The van der Waals surface area contributed by atoms with E-state index < -0.39 is 0 Å². The number of hydrogen-bond acceptors (Lipinski definition) is 3. The molecule has 0 bridgehead atoms. The average molecular weight is 565 g/mol. The van der Waals surface area contributed by atoms with Crippen molar-refractivity contribution in [2.24, 2.45) is 10.9 Å². The molecular weight excluding hydrogens is 527 g/mol. The second-order valence-electron chi connectivity index (χ2n) is 9.10. The average Bonchev–Trinajstić information content (AvgIpc) is 3.46. The van der Waals surface area contributed by atoms with Gasteiger partial charge in [-0.3, -0.25) is 9.79 Å². The van der Waals surface area contributed by atoms with Gasteiger partial charge in [0.05, 0.1) is 0 Å². The summed E-state index contributed by atoms with van der Waals surface area (Å²) >= 11 is 0. The fourth-order valence-electron chi connectivity index (χ4n) is 4.87. The molecule has 1 aliphatic carbocycles. The van der Waals surface area contributed by atoms with E-state index in [1.807, 2.05) is 19.3 Å². The van der Waals surface area contributed by atoms with Gasteiger partial charge in [0, 0.05) is 57.6 Å². The monoisotopic (exact) mass is 564 g/mol. The topological polar surface area (TPSA) is 74.6 Å². The maximum absolute atomic E-state index is 12.8. The Morgan fingerprint density at radius 1 is 1.18 bits per heavy atom. The molecule has 1 aromatic carbocycles. The molecule has 2 aliphatic rings. The molecule has 2 heterocycles. The van der Waals surface area contributed by atoms with Gasteiger partial charge in [0.2, 0.25) is 5.91 Å². The van der Waals surface area contributed by atoms with Crippen LogP contribution in [0.25, 0.3) is 0 Å². The molecule has 180 valence electrons. The summed E-state index contributed by atoms with van der Waals surface area (Å²) in [5.74, 6) is 2.42. The molecule has 1 unspecified atom stereocenters. The van der Waals surface area contributed by atoms with Crippen LogP contribution >= 0.6 is 24.0 Å². The molecule has 0 radical (unpaired) electrons. The van der Waals surface area contributed by atoms with Gasteiger partial charge in [0.15, 0.2) is 5.96 Å². The van der Waals surface area contributed by atoms with Crippen LogP contribution in [0, 0.1) is 12.8 Å². The Balaban J connectivity index is 0.00000306. The fraction of sp³-hybridized carbons (Fsp3) is 0.560. The molecule has 4 rings (SSSR count). The van der Waals surface area contributed by atoms with E-state index in [1.165, 1.54) is 30.4 Å². The third kappa shape index (κ3) is 6.94. The normalized spacial score (nSPS) is 19.3. The maximum atomic E-state index is 12.8. The zero-order chi connectivity index (χ0) is 22.3. The van der Waals surface area contributed by atoms with Gasteiger partial charge in [0.1, 0.15) is 5.82 Å². The minimum atomic E-state index is 0. The lowest BCUT2D eigenvalue weighted by atomic mass is 9.88. The SMILES string of the molecule is CN=C(NCc1cccc(Cn2ccnc2C)c1)NC1CCN(C(=O)C2CCCCC2)C1.I. The van der Waals surface area contributed by atoms with E-state index in [1.54, 1.807) is 7.05 Å². The first kappa shape index (κ1) is 25.5. The summed E-state index contributed by atoms with van der Waals surface area (Å²) in [6.07, 6.45) is 10.6. The number of rotatable bonds is 6. The number of aryl methyl sites for hydroxylation is 1. The van der Waals surface area contributed by atoms with Crippen LogP contribution in [-0.2, 0) is 17.9 Å². The summed E-state index contributed by atoms with van der Waals surface area (Å²) < 4.78 is 2.15. The van der Waals surface area contributed by atoms with Gasteiger partial charge in [-0.15, -0.1) is 24.0 Å². The molecule has 1 aliphatic heterocycles. The largest absolute Gasteiger partial charge is 0.352 e. The standard InChI is InChI=1S/C25H36N6O.HI/c1-19-27-12-14-30(19)17-21-8-6-7-20(15-21)16-28-25(26-2)29-23-11-13-31(18-23)24(32)22-9-4-3-5-10-22;/h6-8,12,14-15,22-23H,3-5,9-11,13,16-18H2,1-2H3,(H2,26,28,29);1H. The molecule has 1 saturated heterocycles. The summed E-state index contributed by atoms with van der Waals surface area (Å²) in [4.78, 5) is 23.6. The Labute approximate surface area is 214 Å². The molecule has 1 amide bonds. The lowest BCUT2D eigenvalue weighted by Crippen LogP contribution is -2.45. The van der Waals surface area contributed by atoms with E-state index in [9.17, 15) is 4.79 Å². The van der Waals surface area contributed by atoms with Crippen molar-refractivity contribution < 1.29 is 4.79 Å². The molecule has 33 heavy (non-hydrogen) atoms. The van der Waals surface area contributed by atoms with Crippen molar-refractivity contribution in [2.45, 2.75) is 64.6 Å². The third-order valence-electron chi connectivity index (χ3n) is 6.75. The number of hydrogen-bond donors (Lipinski definition) is 2. The number of nitrogens with one attached hydrogen (secondary N) is 2. The van der Waals surface area contributed by atoms with E-state index in [0.29, 0.717) is 12.5 Å². The van der Waals surface area contributed by atoms with Crippen molar-refractivity contribution in [3.63, 3.8) is 0 Å². The zero-order valence-electron chi connectivity index (χ0n) is 19.8. The highest BCUT2D eigenvalue weighted by Gasteiger charge is 2.31. The molecule has 2 N–H and O–H groups in total. The van der Waals surface area contributed by atoms with Crippen LogP contribution < -0.4 is 10.6 Å². The smallest absolute Gasteiger partial charge is 0.225 e. The molecule has 8 heteroatoms. The van der Waals surface area contributed by atoms with E-state index in [0.717, 1.165) is 50.7 Å². The van der Waals surface area contributed by atoms with Gasteiger partial charge in [-0.2, -0.15) is 0 Å². The van der Waals surface area contributed by atoms with Crippen LogP contribution in [0.5, 0.6) is 0 Å². The minimum absolute atomic E-state index is 0. The lowest BCUT2D eigenvalue weighted by Gasteiger charge is -2.26. The molecule has 1 saturated carbocycles. The highest BCUT2D eigenvalue weighted by molar-refractivity contribution is 14.0. The number of aromatic nitrogens is 2. The van der Waals surface area contributed by atoms with Crippen LogP contribution in [0.15, 0.2) is 41.7 Å². The van der Waals surface area contributed by atoms with E-state index >= 15 is 0 Å². The van der Waals surface area contributed by atoms with Gasteiger partial charge < -0.3 is 20.1 Å². The van der Waals surface area contributed by atoms with Crippen LogP contribution in [-0.4, -0.2) is 52.5 Å². The number of nitrogens with zero attached hydrogens (tertiary/aromatic N) is 4. The summed E-state index contributed by atoms with van der Waals surface area (Å²) in [6.45, 7) is 5.16. The predicted octanol–water partition coefficient (Wildman–Crippen LogP) is 3.70. The molecule has 2 aromatic rings. The quantitative estimate of drug-likeness (QED) is 0.319. The van der Waals surface area contributed by atoms with Crippen molar-refractivity contribution in [3.8, 4) is 0 Å². The van der Waals surface area contributed by atoms with Crippen molar-refractivity contribution in [2.75, 3.05) is 20.1 Å². The summed E-state index contributed by atoms with van der Waals surface area (Å²) in [6, 6.07) is 8.85. The van der Waals surface area contributed by atoms with Crippen LogP contribution in [0.1, 0.15) is 55.5 Å². The van der Waals surface area contributed by atoms with Crippen molar-refractivity contribution in [3.05, 3.63) is 53.6 Å². The number of imidazole rings is 1. The van der Waals surface area contributed by atoms with Crippen molar-refractivity contribution in [1.29, 1.82) is 0 Å². The van der Waals surface area contributed by atoms with Gasteiger partial charge in [-0.25, -0.2) is 4.98 Å². The zero-order valence-corrected chi connectivity index (χ0v) is 22.1. The first-order valence-electron chi connectivity index (χ1n) is 11.9. The lowest BCUT2D eigenvalue weighted by molar-refractivity contribution is -0.135. The number of benzene rings is 1. The Bertz CT molecular complexity index is 936. The molecule has 2 fully saturated rings. The van der Waals surface area contributed by atoms with Crippen LogP contribution in [0.3, 0.4) is 0 Å². The van der Waals surface area contributed by atoms with Gasteiger partial charge in [0.25, 0.3) is 0 Å². The van der Waals surface area contributed by atoms with E-state index in [4.69, 9.17) is 0 Å². The Hall–Kier alpha value is -2.10. The highest BCUT2D eigenvalue weighted by atomic mass is 127. The number of guanidine groups is 1. The minimum Gasteiger partial charge on any atom is -0.352 e. The van der Waals surface area contributed by atoms with E-state index in [-0.39, 0.29) is 35.9 Å². The van der Waals surface area contributed by atoms with Crippen LogP contribution in [0.4, 0.5) is 0 Å². The third-order valence-corrected chi connectivity index (χ3v) is 6.75. The Kier molecular flexibility index (Phi) is 9.58. The molecule has 7 nitrogen and oxygen atoms in total.